The highest BCUT2D eigenvalue weighted by Crippen LogP contribution is 2.22. The number of amides is 1. The van der Waals surface area contributed by atoms with Crippen molar-refractivity contribution in [3.63, 3.8) is 0 Å². The number of rotatable bonds is 8. The first-order valence-corrected chi connectivity index (χ1v) is 12.3. The highest BCUT2D eigenvalue weighted by Gasteiger charge is 2.27. The molecule has 3 rings (SSSR count). The van der Waals surface area contributed by atoms with E-state index in [1.165, 1.54) is 36.4 Å². The molecular weight excluding hydrogens is 519 g/mol. The first-order valence-electron chi connectivity index (χ1n) is 9.70. The zero-order valence-electron chi connectivity index (χ0n) is 17.1. The molecule has 1 amide bonds. The van der Waals surface area contributed by atoms with Gasteiger partial charge in [-0.2, -0.15) is 4.31 Å². The van der Waals surface area contributed by atoms with Crippen LogP contribution in [0, 0.1) is 5.82 Å². The van der Waals surface area contributed by atoms with Crippen molar-refractivity contribution in [1.29, 1.82) is 0 Å². The molecule has 32 heavy (non-hydrogen) atoms. The molecular formula is C23H21BrClFN2O3S. The van der Waals surface area contributed by atoms with E-state index in [1.54, 1.807) is 43.3 Å². The number of hydrogen-bond donors (Lipinski definition) is 1. The number of carbonyl (C=O) groups is 1. The van der Waals surface area contributed by atoms with Gasteiger partial charge in [0.15, 0.2) is 0 Å². The molecule has 9 heteroatoms. The second-order valence-electron chi connectivity index (χ2n) is 7.19. The summed E-state index contributed by atoms with van der Waals surface area (Å²) in [7, 11) is -3.97. The fraction of sp³-hybridized carbons (Fsp3) is 0.174. The van der Waals surface area contributed by atoms with E-state index in [2.05, 4.69) is 21.2 Å². The van der Waals surface area contributed by atoms with Crippen molar-refractivity contribution in [2.75, 3.05) is 6.54 Å². The third-order valence-corrected chi connectivity index (χ3v) is 7.38. The zero-order valence-corrected chi connectivity index (χ0v) is 20.3. The molecule has 0 aliphatic heterocycles. The summed E-state index contributed by atoms with van der Waals surface area (Å²) in [6.45, 7) is 1.38. The fourth-order valence-corrected chi connectivity index (χ4v) is 4.83. The molecule has 0 heterocycles. The van der Waals surface area contributed by atoms with Gasteiger partial charge in [0.2, 0.25) is 15.9 Å². The van der Waals surface area contributed by atoms with Gasteiger partial charge in [-0.05, 0) is 66.6 Å². The molecule has 1 atom stereocenters. The molecule has 3 aromatic carbocycles. The Morgan fingerprint density at radius 2 is 1.62 bits per heavy atom. The number of hydrogen-bond acceptors (Lipinski definition) is 3. The predicted molar refractivity (Wildman–Crippen MR) is 126 cm³/mol. The average molecular weight is 540 g/mol. The summed E-state index contributed by atoms with van der Waals surface area (Å²) in [6, 6.07) is 18.3. The molecule has 0 saturated heterocycles. The van der Waals surface area contributed by atoms with Gasteiger partial charge in [0.25, 0.3) is 0 Å². The largest absolute Gasteiger partial charge is 0.348 e. The van der Waals surface area contributed by atoms with E-state index < -0.39 is 22.0 Å². The van der Waals surface area contributed by atoms with Crippen LogP contribution < -0.4 is 5.32 Å². The maximum Gasteiger partial charge on any atom is 0.243 e. The highest BCUT2D eigenvalue weighted by atomic mass is 79.9. The van der Waals surface area contributed by atoms with E-state index in [0.717, 1.165) is 14.3 Å². The Labute approximate surface area is 200 Å². The lowest BCUT2D eigenvalue weighted by Gasteiger charge is -2.23. The summed E-state index contributed by atoms with van der Waals surface area (Å²) < 4.78 is 41.7. The van der Waals surface area contributed by atoms with Crippen molar-refractivity contribution in [2.24, 2.45) is 0 Å². The molecule has 0 bridgehead atoms. The molecule has 0 aliphatic carbocycles. The summed E-state index contributed by atoms with van der Waals surface area (Å²) >= 11 is 9.25. The van der Waals surface area contributed by atoms with Crippen molar-refractivity contribution in [1.82, 2.24) is 9.62 Å². The van der Waals surface area contributed by atoms with Gasteiger partial charge in [-0.1, -0.05) is 51.8 Å². The van der Waals surface area contributed by atoms with Crippen LogP contribution in [-0.4, -0.2) is 25.2 Å². The number of sulfonamides is 1. The maximum absolute atomic E-state index is 13.3. The van der Waals surface area contributed by atoms with Gasteiger partial charge >= 0.3 is 0 Å². The van der Waals surface area contributed by atoms with E-state index in [9.17, 15) is 17.6 Å². The van der Waals surface area contributed by atoms with Crippen LogP contribution in [0.15, 0.2) is 82.2 Å². The molecule has 0 radical (unpaired) electrons. The summed E-state index contributed by atoms with van der Waals surface area (Å²) in [6.07, 6.45) is 0. The van der Waals surface area contributed by atoms with Crippen LogP contribution in [0.5, 0.6) is 0 Å². The third kappa shape index (κ3) is 6.38. The Hall–Kier alpha value is -2.26. The normalized spacial score (nSPS) is 12.5. The van der Waals surface area contributed by atoms with Gasteiger partial charge in [0.1, 0.15) is 5.82 Å². The zero-order chi connectivity index (χ0) is 23.3. The van der Waals surface area contributed by atoms with Gasteiger partial charge in [-0.25, -0.2) is 12.8 Å². The quantitative estimate of drug-likeness (QED) is 0.422. The van der Waals surface area contributed by atoms with Crippen molar-refractivity contribution >= 4 is 43.5 Å². The van der Waals surface area contributed by atoms with Crippen molar-refractivity contribution in [2.45, 2.75) is 24.4 Å². The Kier molecular flexibility index (Phi) is 8.05. The van der Waals surface area contributed by atoms with Gasteiger partial charge in [-0.15, -0.1) is 0 Å². The summed E-state index contributed by atoms with van der Waals surface area (Å²) in [5.74, 6) is -0.849. The average Bonchev–Trinajstić information content (AvgIpc) is 2.75. The Bertz CT molecular complexity index is 1170. The first kappa shape index (κ1) is 24.4. The van der Waals surface area contributed by atoms with Crippen molar-refractivity contribution < 1.29 is 17.6 Å². The maximum atomic E-state index is 13.3. The van der Waals surface area contributed by atoms with E-state index in [1.807, 2.05) is 0 Å². The summed E-state index contributed by atoms with van der Waals surface area (Å²) in [5.41, 5.74) is 1.44. The molecule has 0 unspecified atom stereocenters. The number of nitrogens with zero attached hydrogens (tertiary/aromatic N) is 1. The monoisotopic (exact) mass is 538 g/mol. The third-order valence-electron chi connectivity index (χ3n) is 4.79. The minimum absolute atomic E-state index is 0.0105. The van der Waals surface area contributed by atoms with E-state index >= 15 is 0 Å². The summed E-state index contributed by atoms with van der Waals surface area (Å²) in [5, 5.41) is 3.19. The van der Waals surface area contributed by atoms with Crippen molar-refractivity contribution in [3.05, 3.63) is 99.2 Å². The molecule has 3 aromatic rings. The van der Waals surface area contributed by atoms with Crippen molar-refractivity contribution in [3.8, 4) is 0 Å². The molecule has 0 spiro atoms. The smallest absolute Gasteiger partial charge is 0.243 e. The van der Waals surface area contributed by atoms with E-state index in [-0.39, 0.29) is 23.8 Å². The number of carbonyl (C=O) groups excluding carboxylic acids is 1. The SMILES string of the molecule is C[C@H](NC(=O)CN(Cc1ccc(Br)cc1)S(=O)(=O)c1ccc(Cl)cc1)c1ccc(F)cc1. The second-order valence-corrected chi connectivity index (χ2v) is 10.5. The van der Waals surface area contributed by atoms with Crippen LogP contribution in [0.25, 0.3) is 0 Å². The first-order chi connectivity index (χ1) is 15.1. The molecule has 0 aliphatic rings. The Morgan fingerprint density at radius 3 is 2.22 bits per heavy atom. The highest BCUT2D eigenvalue weighted by molar-refractivity contribution is 9.10. The Balaban J connectivity index is 1.82. The topological polar surface area (TPSA) is 66.5 Å². The second kappa shape index (κ2) is 10.6. The number of halogens is 3. The van der Waals surface area contributed by atoms with Gasteiger partial charge in [0, 0.05) is 16.0 Å². The van der Waals surface area contributed by atoms with Crippen LogP contribution in [0.4, 0.5) is 4.39 Å². The lowest BCUT2D eigenvalue weighted by atomic mass is 10.1. The Morgan fingerprint density at radius 1 is 1.03 bits per heavy atom. The lowest BCUT2D eigenvalue weighted by Crippen LogP contribution is -2.41. The van der Waals surface area contributed by atoms with Crippen LogP contribution in [-0.2, 0) is 21.4 Å². The minimum atomic E-state index is -3.97. The lowest BCUT2D eigenvalue weighted by molar-refractivity contribution is -0.122. The minimum Gasteiger partial charge on any atom is -0.348 e. The van der Waals surface area contributed by atoms with E-state index in [4.69, 9.17) is 11.6 Å². The number of nitrogens with one attached hydrogen (secondary N) is 1. The van der Waals surface area contributed by atoms with Crippen LogP contribution >= 0.6 is 27.5 Å². The molecule has 0 aromatic heterocycles. The summed E-state index contributed by atoms with van der Waals surface area (Å²) in [4.78, 5) is 12.8. The van der Waals surface area contributed by atoms with Crippen LogP contribution in [0.3, 0.4) is 0 Å². The fourth-order valence-electron chi connectivity index (χ4n) is 3.06. The number of benzene rings is 3. The predicted octanol–water partition coefficient (Wildman–Crippen LogP) is 5.31. The van der Waals surface area contributed by atoms with Gasteiger partial charge in [-0.3, -0.25) is 4.79 Å². The molecule has 1 N–H and O–H groups in total. The molecule has 0 saturated carbocycles. The molecule has 0 fully saturated rings. The molecule has 168 valence electrons. The van der Waals surface area contributed by atoms with Crippen LogP contribution in [0.1, 0.15) is 24.1 Å². The molecule has 5 nitrogen and oxygen atoms in total. The standard InChI is InChI=1S/C23H21BrClFN2O3S/c1-16(18-4-10-21(26)11-5-18)27-23(29)15-28(14-17-2-6-19(24)7-3-17)32(30,31)22-12-8-20(25)9-13-22/h2-13,16H,14-15H2,1H3,(H,27,29)/t16-/m0/s1. The van der Waals surface area contributed by atoms with Gasteiger partial charge in [0.05, 0.1) is 17.5 Å². The van der Waals surface area contributed by atoms with Crippen LogP contribution in [0.2, 0.25) is 5.02 Å². The van der Waals surface area contributed by atoms with E-state index in [0.29, 0.717) is 10.6 Å². The van der Waals surface area contributed by atoms with Gasteiger partial charge < -0.3 is 5.32 Å².